The number of hydrogen-bond acceptors (Lipinski definition) is 6. The molecular weight excluding hydrogens is 290 g/mol. The normalized spacial score (nSPS) is 29.2. The number of piperazine rings is 1. The first-order valence-corrected chi connectivity index (χ1v) is 9.06. The highest BCUT2D eigenvalue weighted by Gasteiger charge is 2.29. The van der Waals surface area contributed by atoms with Crippen molar-refractivity contribution in [3.05, 3.63) is 11.8 Å². The summed E-state index contributed by atoms with van der Waals surface area (Å²) in [7, 11) is 0. The molecule has 2 saturated heterocycles. The third-order valence-electron chi connectivity index (χ3n) is 5.66. The van der Waals surface area contributed by atoms with Gasteiger partial charge in [0.25, 0.3) is 0 Å². The van der Waals surface area contributed by atoms with E-state index in [1.807, 2.05) is 6.92 Å². The Morgan fingerprint density at radius 1 is 1.04 bits per heavy atom. The Morgan fingerprint density at radius 2 is 1.70 bits per heavy atom. The molecule has 3 rings (SSSR count). The lowest BCUT2D eigenvalue weighted by atomic mass is 10.2. The van der Waals surface area contributed by atoms with Crippen LogP contribution >= 0.6 is 0 Å². The molecule has 0 aromatic carbocycles. The van der Waals surface area contributed by atoms with Gasteiger partial charge >= 0.3 is 0 Å². The summed E-state index contributed by atoms with van der Waals surface area (Å²) in [6.07, 6.45) is 2.71. The van der Waals surface area contributed by atoms with E-state index >= 15 is 0 Å². The monoisotopic (exact) mass is 321 g/mol. The maximum atomic E-state index is 5.58. The first-order valence-electron chi connectivity index (χ1n) is 9.06. The summed E-state index contributed by atoms with van der Waals surface area (Å²) in [5.41, 5.74) is 0. The fourth-order valence-electron chi connectivity index (χ4n) is 3.96. The molecule has 130 valence electrons. The molecule has 2 aliphatic heterocycles. The summed E-state index contributed by atoms with van der Waals surface area (Å²) < 4.78 is 5.58. The van der Waals surface area contributed by atoms with Gasteiger partial charge in [-0.2, -0.15) is 0 Å². The average Bonchev–Trinajstić information content (AvgIpc) is 3.12. The summed E-state index contributed by atoms with van der Waals surface area (Å²) in [6, 6.07) is 1.73. The number of aryl methyl sites for hydroxylation is 1. The number of nitrogens with zero attached hydrogens (tertiary/aromatic N) is 5. The van der Waals surface area contributed by atoms with E-state index in [4.69, 9.17) is 4.42 Å². The van der Waals surface area contributed by atoms with Gasteiger partial charge in [-0.3, -0.25) is 14.7 Å². The van der Waals surface area contributed by atoms with Crippen molar-refractivity contribution in [3.8, 4) is 0 Å². The molecule has 6 nitrogen and oxygen atoms in total. The highest BCUT2D eigenvalue weighted by molar-refractivity contribution is 4.90. The van der Waals surface area contributed by atoms with Crippen LogP contribution in [0.15, 0.2) is 4.42 Å². The topological polar surface area (TPSA) is 48.6 Å². The van der Waals surface area contributed by atoms with Gasteiger partial charge in [0, 0.05) is 58.3 Å². The summed E-state index contributed by atoms with van der Waals surface area (Å²) >= 11 is 0. The molecule has 2 aliphatic rings. The number of rotatable bonds is 5. The molecule has 0 aliphatic carbocycles. The third-order valence-corrected chi connectivity index (χ3v) is 5.66. The zero-order chi connectivity index (χ0) is 16.4. The Kier molecular flexibility index (Phi) is 5.34. The first kappa shape index (κ1) is 16.9. The number of hydrogen-bond donors (Lipinski definition) is 0. The Hall–Kier alpha value is -0.980. The van der Waals surface area contributed by atoms with Crippen LogP contribution in [0.1, 0.15) is 51.4 Å². The molecule has 3 atom stereocenters. The fraction of sp³-hybridized carbons (Fsp3) is 0.882. The second-order valence-electron chi connectivity index (χ2n) is 7.23. The summed E-state index contributed by atoms with van der Waals surface area (Å²) in [5, 5.41) is 8.11. The molecule has 0 amide bonds. The van der Waals surface area contributed by atoms with Gasteiger partial charge < -0.3 is 4.42 Å². The molecule has 0 saturated carbocycles. The van der Waals surface area contributed by atoms with Crippen molar-refractivity contribution < 1.29 is 4.42 Å². The predicted molar refractivity (Wildman–Crippen MR) is 90.3 cm³/mol. The third kappa shape index (κ3) is 3.92. The van der Waals surface area contributed by atoms with Gasteiger partial charge in [0.2, 0.25) is 11.8 Å². The zero-order valence-electron chi connectivity index (χ0n) is 15.0. The van der Waals surface area contributed by atoms with Crippen molar-refractivity contribution in [1.29, 1.82) is 0 Å². The van der Waals surface area contributed by atoms with Gasteiger partial charge in [0.1, 0.15) is 0 Å². The van der Waals surface area contributed by atoms with E-state index in [1.54, 1.807) is 0 Å². The van der Waals surface area contributed by atoms with E-state index in [0.717, 1.165) is 44.2 Å². The molecule has 0 spiro atoms. The van der Waals surface area contributed by atoms with E-state index in [0.29, 0.717) is 5.89 Å². The number of aromatic nitrogens is 2. The highest BCUT2D eigenvalue weighted by atomic mass is 16.4. The van der Waals surface area contributed by atoms with Crippen LogP contribution < -0.4 is 0 Å². The number of likely N-dealkylation sites (tertiary alicyclic amines) is 1. The lowest BCUT2D eigenvalue weighted by molar-refractivity contribution is 0.0791. The van der Waals surface area contributed by atoms with Crippen LogP contribution in [0.25, 0.3) is 0 Å². The Morgan fingerprint density at radius 3 is 2.26 bits per heavy atom. The zero-order valence-corrected chi connectivity index (χ0v) is 15.0. The molecule has 0 bridgehead atoms. The molecule has 0 radical (unpaired) electrons. The molecule has 6 heteroatoms. The Bertz CT molecular complexity index is 487. The van der Waals surface area contributed by atoms with Gasteiger partial charge in [-0.1, -0.05) is 0 Å². The molecule has 0 N–H and O–H groups in total. The van der Waals surface area contributed by atoms with Crippen molar-refractivity contribution in [1.82, 2.24) is 24.9 Å². The van der Waals surface area contributed by atoms with Crippen molar-refractivity contribution in [2.24, 2.45) is 0 Å². The van der Waals surface area contributed by atoms with Crippen molar-refractivity contribution in [3.63, 3.8) is 0 Å². The molecule has 3 heterocycles. The molecule has 2 fully saturated rings. The summed E-state index contributed by atoms with van der Waals surface area (Å²) in [4.78, 5) is 7.72. The lowest BCUT2D eigenvalue weighted by Gasteiger charge is -2.38. The standard InChI is InChI=1S/C17H31N5O/c1-13-5-6-14(2)22(13)12-9-20-7-10-21(11-8-20)15(3)17-19-18-16(4)23-17/h13-15H,5-12H2,1-4H3. The Labute approximate surface area is 139 Å². The maximum absolute atomic E-state index is 5.58. The minimum atomic E-state index is 0.219. The second-order valence-corrected chi connectivity index (χ2v) is 7.23. The van der Waals surface area contributed by atoms with Crippen LogP contribution in [0.4, 0.5) is 0 Å². The van der Waals surface area contributed by atoms with Gasteiger partial charge in [-0.25, -0.2) is 0 Å². The first-order chi connectivity index (χ1) is 11.0. The fourth-order valence-corrected chi connectivity index (χ4v) is 3.96. The molecule has 1 aromatic rings. The van der Waals surface area contributed by atoms with Gasteiger partial charge in [0.15, 0.2) is 0 Å². The molecule has 3 unspecified atom stereocenters. The van der Waals surface area contributed by atoms with Crippen LogP contribution in [-0.2, 0) is 0 Å². The van der Waals surface area contributed by atoms with Crippen LogP contribution in [0.2, 0.25) is 0 Å². The van der Waals surface area contributed by atoms with E-state index in [1.165, 1.54) is 25.9 Å². The minimum Gasteiger partial charge on any atom is -0.424 e. The van der Waals surface area contributed by atoms with E-state index < -0.39 is 0 Å². The molecule has 1 aromatic heterocycles. The van der Waals surface area contributed by atoms with Gasteiger partial charge in [-0.05, 0) is 33.6 Å². The second kappa shape index (κ2) is 7.28. The summed E-state index contributed by atoms with van der Waals surface area (Å²) in [5.74, 6) is 1.40. The average molecular weight is 321 g/mol. The van der Waals surface area contributed by atoms with E-state index in [2.05, 4.69) is 45.7 Å². The van der Waals surface area contributed by atoms with Crippen molar-refractivity contribution >= 4 is 0 Å². The Balaban J connectivity index is 1.43. The smallest absolute Gasteiger partial charge is 0.233 e. The summed E-state index contributed by atoms with van der Waals surface area (Å²) in [6.45, 7) is 15.6. The van der Waals surface area contributed by atoms with Crippen LogP contribution in [-0.4, -0.2) is 76.2 Å². The van der Waals surface area contributed by atoms with Crippen molar-refractivity contribution in [2.45, 2.75) is 58.7 Å². The van der Waals surface area contributed by atoms with Crippen LogP contribution in [0.5, 0.6) is 0 Å². The SMILES string of the molecule is Cc1nnc(C(C)N2CCN(CCN3C(C)CCC3C)CC2)o1. The van der Waals surface area contributed by atoms with Crippen LogP contribution in [0.3, 0.4) is 0 Å². The highest BCUT2D eigenvalue weighted by Crippen LogP contribution is 2.23. The molecular formula is C17H31N5O. The maximum Gasteiger partial charge on any atom is 0.233 e. The molecule has 23 heavy (non-hydrogen) atoms. The minimum absolute atomic E-state index is 0.219. The van der Waals surface area contributed by atoms with Crippen molar-refractivity contribution in [2.75, 3.05) is 39.3 Å². The van der Waals surface area contributed by atoms with E-state index in [-0.39, 0.29) is 6.04 Å². The largest absolute Gasteiger partial charge is 0.424 e. The van der Waals surface area contributed by atoms with Crippen LogP contribution in [0, 0.1) is 6.92 Å². The lowest BCUT2D eigenvalue weighted by Crippen LogP contribution is -2.49. The van der Waals surface area contributed by atoms with Gasteiger partial charge in [0.05, 0.1) is 6.04 Å². The quantitative estimate of drug-likeness (QED) is 0.826. The van der Waals surface area contributed by atoms with Gasteiger partial charge in [-0.15, -0.1) is 10.2 Å². The predicted octanol–water partition coefficient (Wildman–Crippen LogP) is 1.93. The van der Waals surface area contributed by atoms with E-state index in [9.17, 15) is 0 Å².